The molecule has 2 rings (SSSR count). The Morgan fingerprint density at radius 3 is 2.78 bits per heavy atom. The van der Waals surface area contributed by atoms with Crippen molar-refractivity contribution >= 4 is 5.91 Å². The van der Waals surface area contributed by atoms with Crippen LogP contribution in [0.2, 0.25) is 0 Å². The smallest absolute Gasteiger partial charge is 0.224 e. The summed E-state index contributed by atoms with van der Waals surface area (Å²) in [5.74, 6) is 0.112. The number of hydrogen-bond donors (Lipinski definition) is 2. The third-order valence-electron chi connectivity index (χ3n) is 3.31. The van der Waals surface area contributed by atoms with Crippen LogP contribution < -0.4 is 10.6 Å². The molecule has 1 aromatic carbocycles. The molecule has 0 atom stereocenters. The highest BCUT2D eigenvalue weighted by Crippen LogP contribution is 2.17. The fourth-order valence-corrected chi connectivity index (χ4v) is 1.99. The highest BCUT2D eigenvalue weighted by molar-refractivity contribution is 5.78. The molecule has 0 bridgehead atoms. The number of rotatable bonds is 6. The number of benzene rings is 1. The molecule has 98 valence electrons. The van der Waals surface area contributed by atoms with Crippen molar-refractivity contribution in [2.75, 3.05) is 13.1 Å². The van der Waals surface area contributed by atoms with E-state index in [-0.39, 0.29) is 5.91 Å². The SMILES string of the molecule is Cc1ccc(C)c(CC(=O)NCCNC2CC2)c1. The van der Waals surface area contributed by atoms with Gasteiger partial charge in [0.15, 0.2) is 0 Å². The van der Waals surface area contributed by atoms with E-state index >= 15 is 0 Å². The Bertz CT molecular complexity index is 425. The molecule has 18 heavy (non-hydrogen) atoms. The summed E-state index contributed by atoms with van der Waals surface area (Å²) in [5.41, 5.74) is 3.52. The maximum absolute atomic E-state index is 11.8. The lowest BCUT2D eigenvalue weighted by Crippen LogP contribution is -2.33. The fraction of sp³-hybridized carbons (Fsp3) is 0.533. The van der Waals surface area contributed by atoms with E-state index < -0.39 is 0 Å². The van der Waals surface area contributed by atoms with Crippen molar-refractivity contribution in [3.05, 3.63) is 34.9 Å². The Balaban J connectivity index is 1.73. The van der Waals surface area contributed by atoms with Crippen molar-refractivity contribution < 1.29 is 4.79 Å². The van der Waals surface area contributed by atoms with Crippen molar-refractivity contribution in [1.29, 1.82) is 0 Å². The van der Waals surface area contributed by atoms with Gasteiger partial charge in [-0.15, -0.1) is 0 Å². The summed E-state index contributed by atoms with van der Waals surface area (Å²) in [6.07, 6.45) is 3.06. The van der Waals surface area contributed by atoms with Gasteiger partial charge in [0.25, 0.3) is 0 Å². The summed E-state index contributed by atoms with van der Waals surface area (Å²) in [7, 11) is 0. The second kappa shape index (κ2) is 6.01. The summed E-state index contributed by atoms with van der Waals surface area (Å²) in [5, 5.41) is 6.34. The van der Waals surface area contributed by atoms with Crippen LogP contribution in [0.5, 0.6) is 0 Å². The summed E-state index contributed by atoms with van der Waals surface area (Å²) < 4.78 is 0. The van der Waals surface area contributed by atoms with Crippen LogP contribution in [0.3, 0.4) is 0 Å². The van der Waals surface area contributed by atoms with Gasteiger partial charge in [0.05, 0.1) is 6.42 Å². The predicted octanol–water partition coefficient (Wildman–Crippen LogP) is 1.71. The molecule has 1 amide bonds. The monoisotopic (exact) mass is 246 g/mol. The zero-order chi connectivity index (χ0) is 13.0. The van der Waals surface area contributed by atoms with Gasteiger partial charge in [-0.25, -0.2) is 0 Å². The van der Waals surface area contributed by atoms with E-state index in [4.69, 9.17) is 0 Å². The molecular weight excluding hydrogens is 224 g/mol. The van der Waals surface area contributed by atoms with Gasteiger partial charge >= 0.3 is 0 Å². The van der Waals surface area contributed by atoms with Gasteiger partial charge in [0.2, 0.25) is 5.91 Å². The number of aryl methyl sites for hydroxylation is 2. The van der Waals surface area contributed by atoms with E-state index in [1.807, 2.05) is 0 Å². The van der Waals surface area contributed by atoms with Crippen LogP contribution in [-0.2, 0) is 11.2 Å². The molecule has 0 aromatic heterocycles. The summed E-state index contributed by atoms with van der Waals surface area (Å²) in [4.78, 5) is 11.8. The molecule has 1 fully saturated rings. The Hall–Kier alpha value is -1.35. The molecule has 1 aliphatic carbocycles. The van der Waals surface area contributed by atoms with Crippen molar-refractivity contribution in [1.82, 2.24) is 10.6 Å². The first-order chi connectivity index (χ1) is 8.65. The number of amides is 1. The summed E-state index contributed by atoms with van der Waals surface area (Å²) in [6, 6.07) is 6.96. The minimum Gasteiger partial charge on any atom is -0.355 e. The standard InChI is InChI=1S/C15H22N2O/c1-11-3-4-12(2)13(9-11)10-15(18)17-8-7-16-14-5-6-14/h3-4,9,14,16H,5-8,10H2,1-2H3,(H,17,18). The highest BCUT2D eigenvalue weighted by Gasteiger charge is 2.19. The average molecular weight is 246 g/mol. The van der Waals surface area contributed by atoms with Gasteiger partial charge in [0.1, 0.15) is 0 Å². The number of carbonyl (C=O) groups is 1. The molecule has 1 aromatic rings. The second-order valence-corrected chi connectivity index (χ2v) is 5.19. The molecule has 0 aliphatic heterocycles. The second-order valence-electron chi connectivity index (χ2n) is 5.19. The molecule has 0 unspecified atom stereocenters. The van der Waals surface area contributed by atoms with Crippen molar-refractivity contribution in [3.63, 3.8) is 0 Å². The molecule has 0 spiro atoms. The molecule has 0 radical (unpaired) electrons. The molecule has 2 N–H and O–H groups in total. The minimum absolute atomic E-state index is 0.112. The number of carbonyl (C=O) groups excluding carboxylic acids is 1. The first-order valence-electron chi connectivity index (χ1n) is 6.71. The highest BCUT2D eigenvalue weighted by atomic mass is 16.1. The molecular formula is C15H22N2O. The van der Waals surface area contributed by atoms with Crippen molar-refractivity contribution in [3.8, 4) is 0 Å². The predicted molar refractivity (Wildman–Crippen MR) is 73.7 cm³/mol. The summed E-state index contributed by atoms with van der Waals surface area (Å²) >= 11 is 0. The van der Waals surface area contributed by atoms with Crippen molar-refractivity contribution in [2.45, 2.75) is 39.2 Å². The average Bonchev–Trinajstić information content (AvgIpc) is 3.13. The minimum atomic E-state index is 0.112. The van der Waals surface area contributed by atoms with Crippen LogP contribution in [0.4, 0.5) is 0 Å². The van der Waals surface area contributed by atoms with Crippen molar-refractivity contribution in [2.24, 2.45) is 0 Å². The molecule has 3 nitrogen and oxygen atoms in total. The van der Waals surface area contributed by atoms with Gasteiger partial charge < -0.3 is 10.6 Å². The molecule has 0 heterocycles. The first kappa shape index (κ1) is 13.1. The Morgan fingerprint density at radius 2 is 2.06 bits per heavy atom. The maximum atomic E-state index is 11.8. The van der Waals surface area contributed by atoms with E-state index in [2.05, 4.69) is 42.7 Å². The lowest BCUT2D eigenvalue weighted by atomic mass is 10.0. The van der Waals surface area contributed by atoms with E-state index in [0.29, 0.717) is 12.5 Å². The Morgan fingerprint density at radius 1 is 1.28 bits per heavy atom. The molecule has 0 saturated heterocycles. The maximum Gasteiger partial charge on any atom is 0.224 e. The third kappa shape index (κ3) is 4.15. The quantitative estimate of drug-likeness (QED) is 0.750. The molecule has 1 aliphatic rings. The van der Waals surface area contributed by atoms with E-state index in [9.17, 15) is 4.79 Å². The third-order valence-corrected chi connectivity index (χ3v) is 3.31. The van der Waals surface area contributed by atoms with Crippen LogP contribution >= 0.6 is 0 Å². The number of nitrogens with one attached hydrogen (secondary N) is 2. The van der Waals surface area contributed by atoms with Crippen LogP contribution in [0, 0.1) is 13.8 Å². The van der Waals surface area contributed by atoms with Crippen LogP contribution in [-0.4, -0.2) is 25.0 Å². The van der Waals surface area contributed by atoms with Crippen LogP contribution in [0.15, 0.2) is 18.2 Å². The van der Waals surface area contributed by atoms with Gasteiger partial charge in [-0.2, -0.15) is 0 Å². The number of hydrogen-bond acceptors (Lipinski definition) is 2. The topological polar surface area (TPSA) is 41.1 Å². The summed E-state index contributed by atoms with van der Waals surface area (Å²) in [6.45, 7) is 5.71. The molecule has 3 heteroatoms. The van der Waals surface area contributed by atoms with Gasteiger partial charge in [0, 0.05) is 19.1 Å². The Labute approximate surface area is 109 Å². The zero-order valence-corrected chi connectivity index (χ0v) is 11.3. The zero-order valence-electron chi connectivity index (χ0n) is 11.3. The lowest BCUT2D eigenvalue weighted by Gasteiger charge is -2.08. The largest absolute Gasteiger partial charge is 0.355 e. The van der Waals surface area contributed by atoms with Gasteiger partial charge in [-0.3, -0.25) is 4.79 Å². The van der Waals surface area contributed by atoms with Crippen LogP contribution in [0.25, 0.3) is 0 Å². The Kier molecular flexibility index (Phi) is 4.37. The van der Waals surface area contributed by atoms with Gasteiger partial charge in [-0.05, 0) is 37.8 Å². The van der Waals surface area contributed by atoms with E-state index in [1.54, 1.807) is 0 Å². The normalized spacial score (nSPS) is 14.6. The van der Waals surface area contributed by atoms with Gasteiger partial charge in [-0.1, -0.05) is 23.8 Å². The molecule has 1 saturated carbocycles. The van der Waals surface area contributed by atoms with E-state index in [0.717, 1.165) is 18.7 Å². The van der Waals surface area contributed by atoms with Crippen LogP contribution in [0.1, 0.15) is 29.5 Å². The van der Waals surface area contributed by atoms with E-state index in [1.165, 1.54) is 24.0 Å². The first-order valence-corrected chi connectivity index (χ1v) is 6.71. The lowest BCUT2D eigenvalue weighted by molar-refractivity contribution is -0.120. The fourth-order valence-electron chi connectivity index (χ4n) is 1.99.